The molecular formula is C32H42N4O6. The number of hydrogen-bond donors (Lipinski definition) is 0. The molecule has 10 heteroatoms. The molecule has 2 saturated heterocycles. The molecule has 42 heavy (non-hydrogen) atoms. The van der Waals surface area contributed by atoms with Gasteiger partial charge in [-0.05, 0) is 63.1 Å². The van der Waals surface area contributed by atoms with Crippen molar-refractivity contribution in [2.24, 2.45) is 28.8 Å². The van der Waals surface area contributed by atoms with E-state index in [0.717, 1.165) is 29.5 Å². The van der Waals surface area contributed by atoms with Crippen molar-refractivity contribution in [1.82, 2.24) is 15.1 Å². The van der Waals surface area contributed by atoms with Crippen LogP contribution in [0.1, 0.15) is 59.4 Å². The molecule has 7 atom stereocenters. The third-order valence-corrected chi connectivity index (χ3v) is 9.23. The highest BCUT2D eigenvalue weighted by molar-refractivity contribution is 5.99. The fourth-order valence-electron chi connectivity index (χ4n) is 6.97. The maximum atomic E-state index is 13.2. The number of ketones is 1. The molecule has 2 fully saturated rings. The average molecular weight is 579 g/mol. The van der Waals surface area contributed by atoms with Gasteiger partial charge in [0.25, 0.3) is 0 Å². The summed E-state index contributed by atoms with van der Waals surface area (Å²) in [6.45, 7) is 9.98. The number of hydrazine groups is 1. The number of carbonyl (C=O) groups is 3. The summed E-state index contributed by atoms with van der Waals surface area (Å²) in [5.41, 5.74) is 2.47. The molecule has 226 valence electrons. The molecule has 1 amide bonds. The molecule has 0 N–H and O–H groups in total. The lowest BCUT2D eigenvalue weighted by Crippen LogP contribution is -2.57. The van der Waals surface area contributed by atoms with Crippen molar-refractivity contribution in [2.45, 2.75) is 78.0 Å². The minimum atomic E-state index is -0.920. The maximum Gasteiger partial charge on any atom is 0.430 e. The Bertz CT molecular complexity index is 1370. The van der Waals surface area contributed by atoms with Crippen LogP contribution >= 0.6 is 0 Å². The predicted molar refractivity (Wildman–Crippen MR) is 157 cm³/mol. The van der Waals surface area contributed by atoms with Gasteiger partial charge in [0.2, 0.25) is 0 Å². The smallest absolute Gasteiger partial charge is 0.430 e. The molecule has 0 radical (unpaired) electrons. The van der Waals surface area contributed by atoms with Gasteiger partial charge in [-0.1, -0.05) is 39.0 Å². The number of pyridine rings is 1. The molecule has 0 aliphatic carbocycles. The highest BCUT2D eigenvalue weighted by Crippen LogP contribution is 2.38. The first-order valence-corrected chi connectivity index (χ1v) is 15.0. The van der Waals surface area contributed by atoms with Crippen molar-refractivity contribution in [3.63, 3.8) is 0 Å². The number of hydrazone groups is 1. The second-order valence-electron chi connectivity index (χ2n) is 12.4. The number of rotatable bonds is 5. The molecule has 1 aromatic carbocycles. The normalized spacial score (nSPS) is 32.3. The fourth-order valence-corrected chi connectivity index (χ4v) is 6.97. The van der Waals surface area contributed by atoms with E-state index < -0.39 is 41.6 Å². The van der Waals surface area contributed by atoms with Crippen molar-refractivity contribution in [3.8, 4) is 0 Å². The van der Waals surface area contributed by atoms with E-state index in [9.17, 15) is 14.4 Å². The van der Waals surface area contributed by atoms with Gasteiger partial charge in [-0.25, -0.2) is 4.79 Å². The number of Topliss-reactive ketones (excluding diaryl/α,β-unsaturated/α-hetero) is 1. The molecule has 0 spiro atoms. The summed E-state index contributed by atoms with van der Waals surface area (Å²) in [5, 5.41) is 9.50. The van der Waals surface area contributed by atoms with Crippen LogP contribution in [0.3, 0.4) is 0 Å². The molecule has 10 nitrogen and oxygen atoms in total. The van der Waals surface area contributed by atoms with Crippen molar-refractivity contribution < 1.29 is 28.6 Å². The first-order chi connectivity index (χ1) is 20.0. The van der Waals surface area contributed by atoms with E-state index in [1.807, 2.05) is 44.3 Å². The van der Waals surface area contributed by atoms with Gasteiger partial charge in [-0.3, -0.25) is 14.6 Å². The fraction of sp³-hybridized carbons (Fsp3) is 0.594. The number of ether oxygens (including phenoxy) is 3. The van der Waals surface area contributed by atoms with Crippen molar-refractivity contribution in [2.75, 3.05) is 20.3 Å². The summed E-state index contributed by atoms with van der Waals surface area (Å²) in [5.74, 6) is -2.25. The van der Waals surface area contributed by atoms with E-state index in [-0.39, 0.29) is 24.2 Å². The Morgan fingerprint density at radius 3 is 2.55 bits per heavy atom. The first-order valence-electron chi connectivity index (χ1n) is 15.0. The third-order valence-electron chi connectivity index (χ3n) is 9.23. The molecule has 3 aliphatic rings. The molecule has 2 bridgehead atoms. The topological polar surface area (TPSA) is 111 Å². The number of esters is 1. The van der Waals surface area contributed by atoms with Crippen molar-refractivity contribution >= 4 is 34.5 Å². The van der Waals surface area contributed by atoms with Gasteiger partial charge in [0.1, 0.15) is 24.3 Å². The van der Waals surface area contributed by atoms with Crippen molar-refractivity contribution in [1.29, 1.82) is 0 Å². The molecular weight excluding hydrogens is 536 g/mol. The second-order valence-corrected chi connectivity index (χ2v) is 12.4. The molecule has 4 unspecified atom stereocenters. The molecule has 1 aromatic heterocycles. The largest absolute Gasteiger partial charge is 0.461 e. The Labute approximate surface area is 247 Å². The van der Waals surface area contributed by atoms with Gasteiger partial charge in [-0.2, -0.15) is 15.2 Å². The Morgan fingerprint density at radius 2 is 1.79 bits per heavy atom. The van der Waals surface area contributed by atoms with Crippen LogP contribution in [0.2, 0.25) is 0 Å². The zero-order chi connectivity index (χ0) is 30.2. The minimum Gasteiger partial charge on any atom is -0.461 e. The molecule has 0 saturated carbocycles. The summed E-state index contributed by atoms with van der Waals surface area (Å²) in [6, 6.07) is 9.72. The molecule has 5 rings (SSSR count). The highest BCUT2D eigenvalue weighted by Gasteiger charge is 2.53. The van der Waals surface area contributed by atoms with Gasteiger partial charge >= 0.3 is 12.1 Å². The summed E-state index contributed by atoms with van der Waals surface area (Å²) >= 11 is 0. The third kappa shape index (κ3) is 5.73. The summed E-state index contributed by atoms with van der Waals surface area (Å²) in [7, 11) is 1.66. The van der Waals surface area contributed by atoms with Crippen LogP contribution in [0.4, 0.5) is 4.79 Å². The van der Waals surface area contributed by atoms with Crippen LogP contribution in [0.25, 0.3) is 10.9 Å². The van der Waals surface area contributed by atoms with Crippen LogP contribution in [-0.2, 0) is 30.2 Å². The number of nitrogens with zero attached hydrogens (tertiary/aromatic N) is 4. The molecule has 4 heterocycles. The van der Waals surface area contributed by atoms with Crippen LogP contribution in [0.5, 0.6) is 0 Å². The number of benzene rings is 1. The lowest BCUT2D eigenvalue weighted by molar-refractivity contribution is -0.155. The number of hydrogen-bond acceptors (Lipinski definition) is 9. The lowest BCUT2D eigenvalue weighted by atomic mass is 9.77. The van der Waals surface area contributed by atoms with Crippen LogP contribution in [0.15, 0.2) is 41.6 Å². The molecule has 3 aliphatic heterocycles. The van der Waals surface area contributed by atoms with Gasteiger partial charge in [0.05, 0.1) is 17.7 Å². The van der Waals surface area contributed by atoms with Gasteiger partial charge in [-0.15, -0.1) is 0 Å². The van der Waals surface area contributed by atoms with E-state index in [2.05, 4.69) is 24.9 Å². The number of aromatic nitrogens is 1. The monoisotopic (exact) mass is 578 g/mol. The van der Waals surface area contributed by atoms with E-state index in [4.69, 9.17) is 19.3 Å². The average Bonchev–Trinajstić information content (AvgIpc) is 3.32. The number of amides is 1. The van der Waals surface area contributed by atoms with Gasteiger partial charge in [0, 0.05) is 36.2 Å². The van der Waals surface area contributed by atoms with Gasteiger partial charge in [0.15, 0.2) is 6.10 Å². The zero-order valence-electron chi connectivity index (χ0n) is 25.4. The Morgan fingerprint density at radius 1 is 1.05 bits per heavy atom. The second kappa shape index (κ2) is 12.0. The van der Waals surface area contributed by atoms with E-state index in [0.29, 0.717) is 19.4 Å². The quantitative estimate of drug-likeness (QED) is 0.368. The number of aryl methyl sites for hydroxylation is 1. The lowest BCUT2D eigenvalue weighted by Gasteiger charge is -2.43. The molecule has 2 aromatic rings. The summed E-state index contributed by atoms with van der Waals surface area (Å²) < 4.78 is 17.4. The van der Waals surface area contributed by atoms with E-state index >= 15 is 0 Å². The first kappa shape index (κ1) is 29.9. The van der Waals surface area contributed by atoms with Crippen LogP contribution < -0.4 is 0 Å². The van der Waals surface area contributed by atoms with Gasteiger partial charge < -0.3 is 14.2 Å². The van der Waals surface area contributed by atoms with Crippen LogP contribution in [-0.4, -0.2) is 76.7 Å². The number of para-hydroxylation sites is 1. The van der Waals surface area contributed by atoms with E-state index in [1.54, 1.807) is 24.2 Å². The number of fused-ring (bicyclic) bond motifs is 2. The minimum absolute atomic E-state index is 0.000287. The van der Waals surface area contributed by atoms with Crippen molar-refractivity contribution in [3.05, 3.63) is 42.1 Å². The number of methoxy groups -OCH3 is 1. The number of cyclic esters (lactones) is 1. The summed E-state index contributed by atoms with van der Waals surface area (Å²) in [4.78, 5) is 43.7. The van der Waals surface area contributed by atoms with E-state index in [1.165, 1.54) is 5.56 Å². The Hall–Kier alpha value is -3.53. The Kier molecular flexibility index (Phi) is 8.55. The number of carbonyl (C=O) groups excluding carboxylic acids is 3. The predicted octanol–water partition coefficient (Wildman–Crippen LogP) is 4.80. The summed E-state index contributed by atoms with van der Waals surface area (Å²) in [6.07, 6.45) is 3.27. The zero-order valence-corrected chi connectivity index (χ0v) is 25.4. The Balaban J connectivity index is 1.45. The maximum absolute atomic E-state index is 13.2. The highest BCUT2D eigenvalue weighted by atomic mass is 16.6. The standard InChI is InChI=1S/C32H42N4O6/c1-19-16-32(5,40-6)17-20(2)29(37)22(4)30(38)41-18-26-28-21(3)27(19)34-35(36(28)31(39)42-26)15-9-10-23-13-14-33-25-12-8-7-11-24(23)25/h7-8,11-14,19-22,26,28H,9-10,15-18H2,1-6H3/t19-,20-,21?,22?,26?,28?,32-/m1/s1. The SMILES string of the molecule is CO[C@@]1(C)C[C@@H](C)C(=O)C(C)C(=O)OCC2OC(=O)N3C2C(C)C(=NN3CCCc2ccnc3ccccc23)[C@H](C)C1. The van der Waals surface area contributed by atoms with Crippen LogP contribution in [0, 0.1) is 23.7 Å².